The van der Waals surface area contributed by atoms with Crippen LogP contribution in [0.5, 0.6) is 0 Å². The molecule has 170 valence electrons. The Balaban J connectivity index is 0.00000137. The summed E-state index contributed by atoms with van der Waals surface area (Å²) < 4.78 is 11.3. The molecule has 0 unspecified atom stereocenters. The topological polar surface area (TPSA) is 0 Å². The molecule has 0 aromatic heterocycles. The Morgan fingerprint density at radius 1 is 0.618 bits per heavy atom. The molecular weight excluding hydrogens is 534 g/mol. The predicted octanol–water partition coefficient (Wildman–Crippen LogP) is 6.34. The van der Waals surface area contributed by atoms with E-state index in [1.54, 1.807) is 0 Å². The summed E-state index contributed by atoms with van der Waals surface area (Å²) in [6.07, 6.45) is 8.88. The fourth-order valence-corrected chi connectivity index (χ4v) is 21.6. The molecule has 0 amide bonds. The van der Waals surface area contributed by atoms with Gasteiger partial charge in [0.15, 0.2) is 0 Å². The van der Waals surface area contributed by atoms with Gasteiger partial charge >= 0.3 is 192 Å². The summed E-state index contributed by atoms with van der Waals surface area (Å²) in [6.45, 7) is 0. The van der Waals surface area contributed by atoms with E-state index in [1.807, 2.05) is 0 Å². The van der Waals surface area contributed by atoms with Crippen molar-refractivity contribution in [3.63, 3.8) is 0 Å². The molecule has 0 fully saturated rings. The standard InChI is InChI=1S/C13H9.2C6H5.C5H5.CH2.2ClH.Zr/c1-3-7-12-10(5-1)9-11-6-2-4-8-13(11)12;2*1-2-4-6-5-3-1;1-2-4-5-3-1;;;;/h1-5,7-8H,9H2;2*1-5H;1-3H,4H2;1H2;2*1H;. The Kier molecular flexibility index (Phi) is 6.85. The molecule has 6 rings (SSSR count). The van der Waals surface area contributed by atoms with Crippen LogP contribution in [0.25, 0.3) is 11.1 Å². The van der Waals surface area contributed by atoms with Crippen molar-refractivity contribution < 1.29 is 18.3 Å². The second-order valence-corrected chi connectivity index (χ2v) is 22.1. The molecule has 0 bridgehead atoms. The van der Waals surface area contributed by atoms with Gasteiger partial charge in [-0.3, -0.25) is 0 Å². The molecule has 3 heteroatoms. The Morgan fingerprint density at radius 3 is 1.82 bits per heavy atom. The van der Waals surface area contributed by atoms with Gasteiger partial charge in [-0.15, -0.1) is 24.8 Å². The SMILES string of the molecule is Cl.Cl.[CH2]=[Zr]([C]1=CC=CC1)([c]1ccccc1)([c]1ccccc1)[c]1cccc2c1Cc1ccccc1-2. The molecule has 0 saturated heterocycles. The molecule has 0 atom stereocenters. The predicted molar refractivity (Wildman–Crippen MR) is 150 cm³/mol. The minimum atomic E-state index is -4.43. The summed E-state index contributed by atoms with van der Waals surface area (Å²) in [6, 6.07) is 38.2. The number of hydrogen-bond acceptors (Lipinski definition) is 0. The van der Waals surface area contributed by atoms with Gasteiger partial charge in [-0.2, -0.15) is 0 Å². The quantitative estimate of drug-likeness (QED) is 0.240. The van der Waals surface area contributed by atoms with E-state index in [9.17, 15) is 0 Å². The van der Waals surface area contributed by atoms with Gasteiger partial charge in [0.05, 0.1) is 0 Å². The molecule has 0 N–H and O–H groups in total. The van der Waals surface area contributed by atoms with Gasteiger partial charge in [-0.1, -0.05) is 0 Å². The maximum absolute atomic E-state index is 5.44. The zero-order chi connectivity index (χ0) is 21.6. The first-order valence-corrected chi connectivity index (χ1v) is 18.1. The summed E-state index contributed by atoms with van der Waals surface area (Å²) in [5, 5.41) is 0. The van der Waals surface area contributed by atoms with Crippen LogP contribution in [0.15, 0.2) is 125 Å². The van der Waals surface area contributed by atoms with Crippen LogP contribution in [-0.2, 0) is 24.7 Å². The number of hydrogen-bond donors (Lipinski definition) is 0. The number of fused-ring (bicyclic) bond motifs is 3. The van der Waals surface area contributed by atoms with Crippen LogP contribution in [-0.4, -0.2) is 4.21 Å². The van der Waals surface area contributed by atoms with Gasteiger partial charge in [0.25, 0.3) is 0 Å². The molecule has 4 aromatic carbocycles. The maximum atomic E-state index is 5.44. The van der Waals surface area contributed by atoms with Crippen molar-refractivity contribution in [1.29, 1.82) is 0 Å². The number of benzene rings is 4. The zero-order valence-corrected chi connectivity index (χ0v) is 23.1. The van der Waals surface area contributed by atoms with E-state index in [-0.39, 0.29) is 24.8 Å². The van der Waals surface area contributed by atoms with E-state index >= 15 is 0 Å². The molecule has 2 aliphatic carbocycles. The second kappa shape index (κ2) is 9.39. The summed E-state index contributed by atoms with van der Waals surface area (Å²) >= 11 is -4.43. The van der Waals surface area contributed by atoms with Gasteiger partial charge in [-0.25, -0.2) is 0 Å². The Labute approximate surface area is 215 Å². The van der Waals surface area contributed by atoms with Gasteiger partial charge in [0, 0.05) is 0 Å². The van der Waals surface area contributed by atoms with E-state index < -0.39 is 18.3 Å². The molecule has 0 radical (unpaired) electrons. The van der Waals surface area contributed by atoms with Crippen molar-refractivity contribution in [1.82, 2.24) is 0 Å². The first-order chi connectivity index (χ1) is 15.7. The number of halogens is 2. The van der Waals surface area contributed by atoms with Crippen molar-refractivity contribution in [3.05, 3.63) is 136 Å². The van der Waals surface area contributed by atoms with Crippen molar-refractivity contribution in [2.75, 3.05) is 0 Å². The molecule has 0 saturated carbocycles. The molecule has 34 heavy (non-hydrogen) atoms. The van der Waals surface area contributed by atoms with Crippen LogP contribution in [0.2, 0.25) is 0 Å². The van der Waals surface area contributed by atoms with Crippen molar-refractivity contribution in [3.8, 4) is 11.1 Å². The van der Waals surface area contributed by atoms with Gasteiger partial charge in [-0.05, 0) is 0 Å². The van der Waals surface area contributed by atoms with Crippen LogP contribution < -0.4 is 9.81 Å². The van der Waals surface area contributed by atoms with Crippen molar-refractivity contribution >= 4 is 38.8 Å². The molecular formula is C31H28Cl2Zr. The van der Waals surface area contributed by atoms with E-state index in [0.29, 0.717) is 0 Å². The van der Waals surface area contributed by atoms with E-state index in [0.717, 1.165) is 12.8 Å². The molecule has 4 aromatic rings. The van der Waals surface area contributed by atoms with Crippen LogP contribution >= 0.6 is 24.8 Å². The zero-order valence-electron chi connectivity index (χ0n) is 19.0. The average molecular weight is 563 g/mol. The summed E-state index contributed by atoms with van der Waals surface area (Å²) in [4.78, 5) is 0. The van der Waals surface area contributed by atoms with Crippen molar-refractivity contribution in [2.45, 2.75) is 12.8 Å². The fourth-order valence-electron chi connectivity index (χ4n) is 6.16. The third kappa shape index (κ3) is 3.33. The average Bonchev–Trinajstić information content (AvgIpc) is 3.54. The number of rotatable bonds is 4. The van der Waals surface area contributed by atoms with Crippen LogP contribution in [0.4, 0.5) is 0 Å². The monoisotopic (exact) mass is 560 g/mol. The molecule has 0 aliphatic heterocycles. The summed E-state index contributed by atoms with van der Waals surface area (Å²) in [7, 11) is 0. The first kappa shape index (κ1) is 24.8. The van der Waals surface area contributed by atoms with Crippen LogP contribution in [0, 0.1) is 0 Å². The fraction of sp³-hybridized carbons (Fsp3) is 0.0645. The molecule has 0 spiro atoms. The second-order valence-electron chi connectivity index (χ2n) is 9.18. The van der Waals surface area contributed by atoms with Crippen LogP contribution in [0.3, 0.4) is 0 Å². The summed E-state index contributed by atoms with van der Waals surface area (Å²) in [5.74, 6) is 0. The summed E-state index contributed by atoms with van der Waals surface area (Å²) in [5.41, 5.74) is 5.68. The Hall–Kier alpha value is -2.31. The van der Waals surface area contributed by atoms with E-state index in [1.165, 1.54) is 35.3 Å². The van der Waals surface area contributed by atoms with E-state index in [4.69, 9.17) is 4.21 Å². The molecule has 2 aliphatic rings. The van der Waals surface area contributed by atoms with E-state index in [2.05, 4.69) is 121 Å². The van der Waals surface area contributed by atoms with Crippen LogP contribution in [0.1, 0.15) is 17.5 Å². The normalized spacial score (nSPS) is 13.9. The minimum absolute atomic E-state index is 0. The molecule has 0 heterocycles. The first-order valence-electron chi connectivity index (χ1n) is 11.4. The third-order valence-electron chi connectivity index (χ3n) is 7.75. The van der Waals surface area contributed by atoms with Gasteiger partial charge in [0.1, 0.15) is 0 Å². The molecule has 0 nitrogen and oxygen atoms in total. The van der Waals surface area contributed by atoms with Crippen molar-refractivity contribution in [2.24, 2.45) is 0 Å². The Bertz CT molecular complexity index is 1420. The Morgan fingerprint density at radius 2 is 1.21 bits per heavy atom. The number of allylic oxidation sites excluding steroid dienone is 4. The van der Waals surface area contributed by atoms with Gasteiger partial charge in [0.2, 0.25) is 0 Å². The van der Waals surface area contributed by atoms with Gasteiger partial charge < -0.3 is 0 Å². The third-order valence-corrected chi connectivity index (χ3v) is 24.1.